The van der Waals surface area contributed by atoms with Crippen LogP contribution in [0.3, 0.4) is 0 Å². The summed E-state index contributed by atoms with van der Waals surface area (Å²) in [5.41, 5.74) is 1.70. The number of aryl methyl sites for hydroxylation is 1. The molecule has 0 saturated heterocycles. The molecule has 0 bridgehead atoms. The molecule has 2 N–H and O–H groups in total. The number of rotatable bonds is 6. The summed E-state index contributed by atoms with van der Waals surface area (Å²) in [7, 11) is 1.56. The molecule has 0 aromatic heterocycles. The number of halogens is 1. The lowest BCUT2D eigenvalue weighted by Crippen LogP contribution is -2.10. The molecule has 0 amide bonds. The second kappa shape index (κ2) is 6.91. The van der Waals surface area contributed by atoms with Crippen molar-refractivity contribution in [3.8, 4) is 5.75 Å². The average molecular weight is 331 g/mol. The minimum absolute atomic E-state index is 0.0480. The van der Waals surface area contributed by atoms with Gasteiger partial charge in [0.2, 0.25) is 0 Å². The van der Waals surface area contributed by atoms with Crippen LogP contribution >= 0.6 is 15.9 Å². The predicted octanol–water partition coefficient (Wildman–Crippen LogP) is 3.30. The fraction of sp³-hybridized carbons (Fsp3) is 0.500. The molecule has 2 atom stereocenters. The van der Waals surface area contributed by atoms with Crippen LogP contribution in [-0.4, -0.2) is 23.3 Å². The van der Waals surface area contributed by atoms with E-state index in [1.165, 1.54) is 0 Å². The van der Waals surface area contributed by atoms with Crippen LogP contribution in [0.15, 0.2) is 16.6 Å². The Morgan fingerprint density at radius 1 is 1.47 bits per heavy atom. The molecular formula is C14H19BrO4. The molecule has 106 valence electrons. The van der Waals surface area contributed by atoms with Crippen molar-refractivity contribution in [2.75, 3.05) is 7.11 Å². The highest BCUT2D eigenvalue weighted by atomic mass is 79.9. The number of ether oxygens (including phenoxy) is 1. The van der Waals surface area contributed by atoms with Gasteiger partial charge in [-0.1, -0.05) is 22.9 Å². The second-order valence-corrected chi connectivity index (χ2v) is 5.65. The van der Waals surface area contributed by atoms with Crippen LogP contribution in [0.4, 0.5) is 0 Å². The van der Waals surface area contributed by atoms with E-state index in [1.54, 1.807) is 7.11 Å². The number of hydrogen-bond acceptors (Lipinski definition) is 3. The zero-order chi connectivity index (χ0) is 14.6. The molecule has 0 saturated carbocycles. The molecule has 1 aromatic carbocycles. The molecule has 0 heterocycles. The van der Waals surface area contributed by atoms with Gasteiger partial charge in [-0.05, 0) is 37.0 Å². The molecule has 1 rings (SSSR count). The van der Waals surface area contributed by atoms with E-state index in [1.807, 2.05) is 26.0 Å². The van der Waals surface area contributed by atoms with E-state index in [0.29, 0.717) is 17.7 Å². The van der Waals surface area contributed by atoms with Crippen molar-refractivity contribution in [3.63, 3.8) is 0 Å². The van der Waals surface area contributed by atoms with Crippen LogP contribution in [0, 0.1) is 12.8 Å². The van der Waals surface area contributed by atoms with Gasteiger partial charge in [0.1, 0.15) is 5.75 Å². The lowest BCUT2D eigenvalue weighted by Gasteiger charge is -2.19. The van der Waals surface area contributed by atoms with Crippen molar-refractivity contribution in [2.45, 2.75) is 32.8 Å². The number of carbonyl (C=O) groups is 1. The number of aliphatic hydroxyl groups excluding tert-OH is 1. The van der Waals surface area contributed by atoms with E-state index in [9.17, 15) is 9.90 Å². The molecule has 0 aliphatic rings. The standard InChI is InChI=1S/C14H19BrO4/c1-8(5-14(17)18)4-12(16)10-7-11(15)9(2)6-13(10)19-3/h6-8,12,16H,4-5H2,1-3H3,(H,17,18). The zero-order valence-corrected chi connectivity index (χ0v) is 12.9. The third-order valence-corrected chi connectivity index (χ3v) is 3.87. The van der Waals surface area contributed by atoms with Crippen LogP contribution in [0.2, 0.25) is 0 Å². The Morgan fingerprint density at radius 3 is 2.63 bits per heavy atom. The molecule has 5 heteroatoms. The minimum atomic E-state index is -0.850. The SMILES string of the molecule is COc1cc(C)c(Br)cc1C(O)CC(C)CC(=O)O. The monoisotopic (exact) mass is 330 g/mol. The first kappa shape index (κ1) is 16.0. The fourth-order valence-corrected chi connectivity index (χ4v) is 2.36. The maximum Gasteiger partial charge on any atom is 0.303 e. The number of carboxylic acid groups (broad SMARTS) is 1. The lowest BCUT2D eigenvalue weighted by atomic mass is 9.95. The van der Waals surface area contributed by atoms with Crippen LogP contribution < -0.4 is 4.74 Å². The average Bonchev–Trinajstić information content (AvgIpc) is 2.30. The topological polar surface area (TPSA) is 66.8 Å². The van der Waals surface area contributed by atoms with Crippen molar-refractivity contribution >= 4 is 21.9 Å². The number of carboxylic acids is 1. The van der Waals surface area contributed by atoms with Gasteiger partial charge in [0, 0.05) is 16.5 Å². The van der Waals surface area contributed by atoms with E-state index >= 15 is 0 Å². The van der Waals surface area contributed by atoms with Crippen molar-refractivity contribution in [2.24, 2.45) is 5.92 Å². The van der Waals surface area contributed by atoms with Crippen molar-refractivity contribution < 1.29 is 19.7 Å². The third kappa shape index (κ3) is 4.51. The molecule has 4 nitrogen and oxygen atoms in total. The molecule has 0 spiro atoms. The van der Waals surface area contributed by atoms with Gasteiger partial charge in [-0.3, -0.25) is 4.79 Å². The third-order valence-electron chi connectivity index (χ3n) is 3.02. The lowest BCUT2D eigenvalue weighted by molar-refractivity contribution is -0.138. The highest BCUT2D eigenvalue weighted by Crippen LogP contribution is 2.34. The second-order valence-electron chi connectivity index (χ2n) is 4.80. The Bertz CT molecular complexity index is 459. The highest BCUT2D eigenvalue weighted by Gasteiger charge is 2.19. The Kier molecular flexibility index (Phi) is 5.82. The first-order valence-corrected chi connectivity index (χ1v) is 6.88. The van der Waals surface area contributed by atoms with Crippen LogP contribution in [0.5, 0.6) is 5.75 Å². The van der Waals surface area contributed by atoms with Gasteiger partial charge in [-0.15, -0.1) is 0 Å². The summed E-state index contributed by atoms with van der Waals surface area (Å²) in [5, 5.41) is 19.0. The van der Waals surface area contributed by atoms with Gasteiger partial charge in [0.05, 0.1) is 13.2 Å². The first-order valence-electron chi connectivity index (χ1n) is 6.09. The molecular weight excluding hydrogens is 312 g/mol. The maximum absolute atomic E-state index is 10.6. The number of aliphatic carboxylic acids is 1. The molecule has 0 aliphatic heterocycles. The molecule has 0 aliphatic carbocycles. The van der Waals surface area contributed by atoms with Crippen LogP contribution in [-0.2, 0) is 4.79 Å². The van der Waals surface area contributed by atoms with E-state index < -0.39 is 12.1 Å². The molecule has 0 fully saturated rings. The molecule has 2 unspecified atom stereocenters. The smallest absolute Gasteiger partial charge is 0.303 e. The summed E-state index contributed by atoms with van der Waals surface area (Å²) in [6.07, 6.45) is -0.300. The number of hydrogen-bond donors (Lipinski definition) is 2. The quantitative estimate of drug-likeness (QED) is 0.839. The van der Waals surface area contributed by atoms with E-state index in [4.69, 9.17) is 9.84 Å². The van der Waals surface area contributed by atoms with E-state index in [2.05, 4.69) is 15.9 Å². The Morgan fingerprint density at radius 2 is 2.11 bits per heavy atom. The summed E-state index contributed by atoms with van der Waals surface area (Å²) >= 11 is 3.42. The largest absolute Gasteiger partial charge is 0.496 e. The number of benzene rings is 1. The van der Waals surface area contributed by atoms with Gasteiger partial charge >= 0.3 is 5.97 Å². The Labute approximate surface area is 121 Å². The molecule has 1 aromatic rings. The summed E-state index contributed by atoms with van der Waals surface area (Å²) in [5.74, 6) is -0.329. The highest BCUT2D eigenvalue weighted by molar-refractivity contribution is 9.10. The summed E-state index contributed by atoms with van der Waals surface area (Å²) < 4.78 is 6.16. The summed E-state index contributed by atoms with van der Waals surface area (Å²) in [6, 6.07) is 3.68. The summed E-state index contributed by atoms with van der Waals surface area (Å²) in [6.45, 7) is 3.75. The van der Waals surface area contributed by atoms with E-state index in [-0.39, 0.29) is 12.3 Å². The molecule has 0 radical (unpaired) electrons. The predicted molar refractivity (Wildman–Crippen MR) is 76.4 cm³/mol. The van der Waals surface area contributed by atoms with Crippen LogP contribution in [0.25, 0.3) is 0 Å². The van der Waals surface area contributed by atoms with Gasteiger partial charge in [-0.2, -0.15) is 0 Å². The Balaban J connectivity index is 2.89. The summed E-state index contributed by atoms with van der Waals surface area (Å²) in [4.78, 5) is 10.6. The van der Waals surface area contributed by atoms with Crippen molar-refractivity contribution in [1.29, 1.82) is 0 Å². The van der Waals surface area contributed by atoms with Gasteiger partial charge in [0.15, 0.2) is 0 Å². The number of aliphatic hydroxyl groups is 1. The fourth-order valence-electron chi connectivity index (χ4n) is 2.00. The van der Waals surface area contributed by atoms with Gasteiger partial charge in [-0.25, -0.2) is 0 Å². The normalized spacial score (nSPS) is 13.9. The zero-order valence-electron chi connectivity index (χ0n) is 11.3. The van der Waals surface area contributed by atoms with Gasteiger partial charge < -0.3 is 14.9 Å². The van der Waals surface area contributed by atoms with Crippen molar-refractivity contribution in [3.05, 3.63) is 27.7 Å². The maximum atomic E-state index is 10.6. The van der Waals surface area contributed by atoms with Crippen molar-refractivity contribution in [1.82, 2.24) is 0 Å². The van der Waals surface area contributed by atoms with E-state index in [0.717, 1.165) is 10.0 Å². The first-order chi connectivity index (χ1) is 8.85. The minimum Gasteiger partial charge on any atom is -0.496 e. The van der Waals surface area contributed by atoms with Gasteiger partial charge in [0.25, 0.3) is 0 Å². The Hall–Kier alpha value is -1.07. The van der Waals surface area contributed by atoms with Crippen LogP contribution in [0.1, 0.15) is 37.0 Å². The number of methoxy groups -OCH3 is 1. The molecule has 19 heavy (non-hydrogen) atoms.